The first-order valence-corrected chi connectivity index (χ1v) is 11.3. The summed E-state index contributed by atoms with van der Waals surface area (Å²) in [6, 6.07) is 7.78. The summed E-state index contributed by atoms with van der Waals surface area (Å²) in [7, 11) is 0. The summed E-state index contributed by atoms with van der Waals surface area (Å²) in [5.41, 5.74) is 7.48. The zero-order chi connectivity index (χ0) is 22.7. The molecule has 2 amide bonds. The molecule has 32 heavy (non-hydrogen) atoms. The Bertz CT molecular complexity index is 998. The Labute approximate surface area is 187 Å². The van der Waals surface area contributed by atoms with Gasteiger partial charge in [-0.25, -0.2) is 14.4 Å². The highest BCUT2D eigenvalue weighted by Gasteiger charge is 2.27. The summed E-state index contributed by atoms with van der Waals surface area (Å²) in [5.74, 6) is -0.251. The number of likely N-dealkylation sites (tertiary alicyclic amines) is 1. The summed E-state index contributed by atoms with van der Waals surface area (Å²) < 4.78 is 14.7. The lowest BCUT2D eigenvalue weighted by atomic mass is 9.85. The van der Waals surface area contributed by atoms with Crippen molar-refractivity contribution in [2.45, 2.75) is 57.4 Å². The highest BCUT2D eigenvalue weighted by Crippen LogP contribution is 2.31. The van der Waals surface area contributed by atoms with E-state index < -0.39 is 5.82 Å². The normalized spacial score (nSPS) is 23.6. The van der Waals surface area contributed by atoms with Gasteiger partial charge in [0.2, 0.25) is 17.8 Å². The maximum absolute atomic E-state index is 14.7. The van der Waals surface area contributed by atoms with Gasteiger partial charge in [-0.15, -0.1) is 0 Å². The molecule has 170 valence electrons. The summed E-state index contributed by atoms with van der Waals surface area (Å²) in [5, 5.41) is 3.26. The third kappa shape index (κ3) is 5.06. The van der Waals surface area contributed by atoms with Crippen LogP contribution in [-0.4, -0.2) is 45.8 Å². The van der Waals surface area contributed by atoms with Crippen LogP contribution >= 0.6 is 0 Å². The van der Waals surface area contributed by atoms with E-state index in [0.717, 1.165) is 44.2 Å². The van der Waals surface area contributed by atoms with Crippen molar-refractivity contribution in [3.05, 3.63) is 41.8 Å². The Morgan fingerprint density at radius 2 is 2.06 bits per heavy atom. The van der Waals surface area contributed by atoms with Crippen LogP contribution in [0.4, 0.5) is 10.3 Å². The van der Waals surface area contributed by atoms with Crippen molar-refractivity contribution >= 4 is 17.8 Å². The molecular weight excluding hydrogens is 409 g/mol. The monoisotopic (exact) mass is 439 g/mol. The second-order valence-corrected chi connectivity index (χ2v) is 8.93. The van der Waals surface area contributed by atoms with Crippen molar-refractivity contribution in [3.63, 3.8) is 0 Å². The van der Waals surface area contributed by atoms with E-state index in [9.17, 15) is 14.0 Å². The van der Waals surface area contributed by atoms with Gasteiger partial charge in [-0.3, -0.25) is 9.59 Å². The van der Waals surface area contributed by atoms with Crippen LogP contribution in [0.2, 0.25) is 0 Å². The van der Waals surface area contributed by atoms with E-state index in [1.165, 1.54) is 6.20 Å². The standard InChI is InChI=1S/C24H30FN5O2/c1-15(31)30-10-4-8-19(14-30)16-5-2-6-17(11-16)22-21(25)13-27-24(29-22)28-20-9-3-7-18(12-20)23(26)32/h2,5-6,11,13,18-20H,3-4,7-10,12,14H2,1H3,(H2,26,32)(H,27,28,29). The number of nitrogens with zero attached hydrogens (tertiary/aromatic N) is 3. The molecule has 8 heteroatoms. The lowest BCUT2D eigenvalue weighted by Crippen LogP contribution is -2.37. The highest BCUT2D eigenvalue weighted by molar-refractivity contribution is 5.76. The molecule has 0 radical (unpaired) electrons. The number of nitrogens with one attached hydrogen (secondary N) is 1. The van der Waals surface area contributed by atoms with Crippen LogP contribution in [-0.2, 0) is 9.59 Å². The zero-order valence-corrected chi connectivity index (χ0v) is 18.4. The molecule has 1 aliphatic carbocycles. The van der Waals surface area contributed by atoms with Gasteiger partial charge in [-0.05, 0) is 43.7 Å². The molecule has 4 rings (SSSR count). The van der Waals surface area contributed by atoms with Gasteiger partial charge in [0.1, 0.15) is 5.69 Å². The Morgan fingerprint density at radius 1 is 1.22 bits per heavy atom. The maximum Gasteiger partial charge on any atom is 0.223 e. The van der Waals surface area contributed by atoms with Crippen molar-refractivity contribution in [3.8, 4) is 11.3 Å². The van der Waals surface area contributed by atoms with E-state index in [1.807, 2.05) is 29.2 Å². The van der Waals surface area contributed by atoms with Gasteiger partial charge in [-0.2, -0.15) is 0 Å². The first-order chi connectivity index (χ1) is 15.4. The number of benzene rings is 1. The first kappa shape index (κ1) is 22.2. The number of carbonyl (C=O) groups is 2. The van der Waals surface area contributed by atoms with E-state index in [2.05, 4.69) is 15.3 Å². The second-order valence-electron chi connectivity index (χ2n) is 8.93. The van der Waals surface area contributed by atoms with E-state index in [-0.39, 0.29) is 35.4 Å². The molecule has 1 saturated carbocycles. The predicted molar refractivity (Wildman–Crippen MR) is 120 cm³/mol. The molecule has 2 fully saturated rings. The van der Waals surface area contributed by atoms with Gasteiger partial charge in [0, 0.05) is 43.5 Å². The fourth-order valence-corrected chi connectivity index (χ4v) is 4.88. The lowest BCUT2D eigenvalue weighted by Gasteiger charge is -2.32. The van der Waals surface area contributed by atoms with E-state index in [1.54, 1.807) is 6.92 Å². The minimum Gasteiger partial charge on any atom is -0.369 e. The summed E-state index contributed by atoms with van der Waals surface area (Å²) in [6.45, 7) is 3.07. The molecule has 3 unspecified atom stereocenters. The predicted octanol–water partition coefficient (Wildman–Crippen LogP) is 3.46. The summed E-state index contributed by atoms with van der Waals surface area (Å²) in [6.07, 6.45) is 6.37. The third-order valence-electron chi connectivity index (χ3n) is 6.65. The number of aromatic nitrogens is 2. The first-order valence-electron chi connectivity index (χ1n) is 11.3. The van der Waals surface area contributed by atoms with Crippen LogP contribution in [0.5, 0.6) is 0 Å². The SMILES string of the molecule is CC(=O)N1CCCC(c2cccc(-c3nc(NC4CCCC(C(N)=O)C4)ncc3F)c2)C1. The summed E-state index contributed by atoms with van der Waals surface area (Å²) >= 11 is 0. The minimum atomic E-state index is -0.486. The van der Waals surface area contributed by atoms with Crippen molar-refractivity contribution in [1.82, 2.24) is 14.9 Å². The lowest BCUT2D eigenvalue weighted by molar-refractivity contribution is -0.130. The number of anilines is 1. The molecule has 7 nitrogen and oxygen atoms in total. The fraction of sp³-hybridized carbons (Fsp3) is 0.500. The summed E-state index contributed by atoms with van der Waals surface area (Å²) in [4.78, 5) is 33.8. The number of carbonyl (C=O) groups excluding carboxylic acids is 2. The van der Waals surface area contributed by atoms with Gasteiger partial charge < -0.3 is 16.0 Å². The number of hydrogen-bond acceptors (Lipinski definition) is 5. The molecule has 3 N–H and O–H groups in total. The van der Waals surface area contributed by atoms with Gasteiger partial charge in [0.25, 0.3) is 0 Å². The molecule has 2 aromatic rings. The Kier molecular flexibility index (Phi) is 6.67. The smallest absolute Gasteiger partial charge is 0.223 e. The van der Waals surface area contributed by atoms with Crippen LogP contribution in [0.3, 0.4) is 0 Å². The van der Waals surface area contributed by atoms with Crippen LogP contribution in [0.15, 0.2) is 30.5 Å². The number of halogens is 1. The van der Waals surface area contributed by atoms with Crippen LogP contribution in [0.25, 0.3) is 11.3 Å². The third-order valence-corrected chi connectivity index (χ3v) is 6.65. The van der Waals surface area contributed by atoms with E-state index in [0.29, 0.717) is 24.5 Å². The maximum atomic E-state index is 14.7. The molecule has 2 heterocycles. The van der Waals surface area contributed by atoms with E-state index >= 15 is 0 Å². The van der Waals surface area contributed by atoms with Gasteiger partial charge in [0.05, 0.1) is 6.20 Å². The van der Waals surface area contributed by atoms with E-state index in [4.69, 9.17) is 5.73 Å². The highest BCUT2D eigenvalue weighted by atomic mass is 19.1. The van der Waals surface area contributed by atoms with Crippen molar-refractivity contribution in [2.75, 3.05) is 18.4 Å². The number of piperidine rings is 1. The molecule has 3 atom stereocenters. The molecule has 1 saturated heterocycles. The minimum absolute atomic E-state index is 0.0331. The van der Waals surface area contributed by atoms with Gasteiger partial charge in [0.15, 0.2) is 5.82 Å². The second kappa shape index (κ2) is 9.63. The van der Waals surface area contributed by atoms with Gasteiger partial charge >= 0.3 is 0 Å². The average molecular weight is 440 g/mol. The largest absolute Gasteiger partial charge is 0.369 e. The van der Waals surface area contributed by atoms with Crippen molar-refractivity contribution in [1.29, 1.82) is 0 Å². The van der Waals surface area contributed by atoms with Crippen LogP contribution in [0.1, 0.15) is 56.9 Å². The van der Waals surface area contributed by atoms with Crippen molar-refractivity contribution in [2.24, 2.45) is 11.7 Å². The number of hydrogen-bond donors (Lipinski definition) is 2. The quantitative estimate of drug-likeness (QED) is 0.743. The fourth-order valence-electron chi connectivity index (χ4n) is 4.88. The number of rotatable bonds is 5. The topological polar surface area (TPSA) is 101 Å². The Hall–Kier alpha value is -3.03. The number of primary amides is 1. The molecule has 1 aliphatic heterocycles. The number of amides is 2. The zero-order valence-electron chi connectivity index (χ0n) is 18.4. The molecule has 1 aromatic heterocycles. The molecule has 0 spiro atoms. The average Bonchev–Trinajstić information content (AvgIpc) is 2.80. The Balaban J connectivity index is 1.53. The molecule has 2 aliphatic rings. The van der Waals surface area contributed by atoms with Gasteiger partial charge in [-0.1, -0.05) is 24.6 Å². The van der Waals surface area contributed by atoms with Crippen LogP contribution < -0.4 is 11.1 Å². The number of nitrogens with two attached hydrogens (primary N) is 1. The molecular formula is C24H30FN5O2. The Morgan fingerprint density at radius 3 is 2.84 bits per heavy atom. The van der Waals surface area contributed by atoms with Crippen molar-refractivity contribution < 1.29 is 14.0 Å². The molecule has 0 bridgehead atoms. The van der Waals surface area contributed by atoms with Crippen LogP contribution in [0, 0.1) is 11.7 Å². The molecule has 1 aromatic carbocycles.